The average molecular weight is 321 g/mol. The van der Waals surface area contributed by atoms with E-state index in [4.69, 9.17) is 9.26 Å². The second-order valence-corrected chi connectivity index (χ2v) is 6.71. The van der Waals surface area contributed by atoms with E-state index in [1.54, 1.807) is 0 Å². The summed E-state index contributed by atoms with van der Waals surface area (Å²) in [7, 11) is 0. The van der Waals surface area contributed by atoms with Crippen LogP contribution in [0.2, 0.25) is 0 Å². The number of hydrogen-bond acceptors (Lipinski definition) is 5. The molecule has 2 N–H and O–H groups in total. The van der Waals surface area contributed by atoms with Crippen LogP contribution >= 0.6 is 0 Å². The summed E-state index contributed by atoms with van der Waals surface area (Å²) in [6.45, 7) is 5.51. The SMILES string of the molecule is Cc1noc(C)c1CCC(=O)N[C@H]1CC[C@H]1NC1CCOCC1. The van der Waals surface area contributed by atoms with Gasteiger partial charge in [-0.05, 0) is 46.0 Å². The van der Waals surface area contributed by atoms with Crippen molar-refractivity contribution in [2.24, 2.45) is 0 Å². The summed E-state index contributed by atoms with van der Waals surface area (Å²) >= 11 is 0. The van der Waals surface area contributed by atoms with Crippen molar-refractivity contribution in [2.75, 3.05) is 13.2 Å². The Bertz CT molecular complexity index is 518. The van der Waals surface area contributed by atoms with Crippen LogP contribution < -0.4 is 10.6 Å². The summed E-state index contributed by atoms with van der Waals surface area (Å²) in [6.07, 6.45) is 5.54. The average Bonchev–Trinajstić information content (AvgIpc) is 2.87. The van der Waals surface area contributed by atoms with Crippen molar-refractivity contribution >= 4 is 5.91 Å². The molecular weight excluding hydrogens is 294 g/mol. The number of ether oxygens (including phenoxy) is 1. The number of nitrogens with zero attached hydrogens (tertiary/aromatic N) is 1. The van der Waals surface area contributed by atoms with Crippen LogP contribution in [0.4, 0.5) is 0 Å². The van der Waals surface area contributed by atoms with Gasteiger partial charge in [-0.1, -0.05) is 5.16 Å². The van der Waals surface area contributed by atoms with Gasteiger partial charge >= 0.3 is 0 Å². The van der Waals surface area contributed by atoms with Crippen LogP contribution in [0, 0.1) is 13.8 Å². The highest BCUT2D eigenvalue weighted by Gasteiger charge is 2.33. The van der Waals surface area contributed by atoms with Gasteiger partial charge in [-0.3, -0.25) is 4.79 Å². The number of carbonyl (C=O) groups is 1. The monoisotopic (exact) mass is 321 g/mol. The molecule has 3 rings (SSSR count). The zero-order valence-electron chi connectivity index (χ0n) is 14.1. The first-order chi connectivity index (χ1) is 11.1. The Kier molecular flexibility index (Phi) is 5.33. The number of amides is 1. The van der Waals surface area contributed by atoms with Gasteiger partial charge in [0.1, 0.15) is 5.76 Å². The lowest BCUT2D eigenvalue weighted by molar-refractivity contribution is -0.122. The summed E-state index contributed by atoms with van der Waals surface area (Å²) in [5.74, 6) is 0.937. The van der Waals surface area contributed by atoms with Crippen LogP contribution in [0.3, 0.4) is 0 Å². The third kappa shape index (κ3) is 4.12. The number of carbonyl (C=O) groups excluding carboxylic acids is 1. The third-order valence-corrected chi connectivity index (χ3v) is 5.08. The van der Waals surface area contributed by atoms with E-state index in [2.05, 4.69) is 15.8 Å². The van der Waals surface area contributed by atoms with Crippen molar-refractivity contribution in [2.45, 2.75) is 70.5 Å². The number of hydrogen-bond donors (Lipinski definition) is 2. The molecule has 23 heavy (non-hydrogen) atoms. The predicted molar refractivity (Wildman–Crippen MR) is 86.2 cm³/mol. The minimum absolute atomic E-state index is 0.119. The number of aromatic nitrogens is 1. The Balaban J connectivity index is 1.41. The Hall–Kier alpha value is -1.40. The van der Waals surface area contributed by atoms with E-state index in [0.29, 0.717) is 24.9 Å². The molecule has 1 aromatic rings. The van der Waals surface area contributed by atoms with Crippen LogP contribution in [-0.4, -0.2) is 42.4 Å². The van der Waals surface area contributed by atoms with Gasteiger partial charge in [0.15, 0.2) is 0 Å². The second kappa shape index (κ2) is 7.45. The topological polar surface area (TPSA) is 76.4 Å². The van der Waals surface area contributed by atoms with Gasteiger partial charge in [0.2, 0.25) is 5.91 Å². The molecule has 0 bridgehead atoms. The van der Waals surface area contributed by atoms with Crippen molar-refractivity contribution in [3.8, 4) is 0 Å². The molecule has 1 aliphatic carbocycles. The lowest BCUT2D eigenvalue weighted by Crippen LogP contribution is -2.59. The fourth-order valence-electron chi connectivity index (χ4n) is 3.42. The molecule has 2 atom stereocenters. The van der Waals surface area contributed by atoms with Crippen molar-refractivity contribution < 1.29 is 14.1 Å². The summed E-state index contributed by atoms with van der Waals surface area (Å²) in [4.78, 5) is 12.2. The molecule has 128 valence electrons. The minimum Gasteiger partial charge on any atom is -0.381 e. The first-order valence-electron chi connectivity index (χ1n) is 8.68. The standard InChI is InChI=1S/C17H27N3O3/c1-11-14(12(2)23-20-11)3-6-17(21)19-16-5-4-15(16)18-13-7-9-22-10-8-13/h13,15-16,18H,3-10H2,1-2H3,(H,19,21)/t15-,16+/m1/s1. The van der Waals surface area contributed by atoms with Gasteiger partial charge in [0.25, 0.3) is 0 Å². The molecule has 1 aliphatic heterocycles. The largest absolute Gasteiger partial charge is 0.381 e. The molecule has 6 heteroatoms. The molecule has 1 amide bonds. The molecule has 2 aliphatic rings. The zero-order valence-corrected chi connectivity index (χ0v) is 14.1. The smallest absolute Gasteiger partial charge is 0.220 e. The maximum Gasteiger partial charge on any atom is 0.220 e. The molecule has 2 fully saturated rings. The van der Waals surface area contributed by atoms with E-state index in [9.17, 15) is 4.79 Å². The Morgan fingerprint density at radius 1 is 1.17 bits per heavy atom. The lowest BCUT2D eigenvalue weighted by Gasteiger charge is -2.41. The number of nitrogens with one attached hydrogen (secondary N) is 2. The van der Waals surface area contributed by atoms with Gasteiger partial charge < -0.3 is 19.9 Å². The van der Waals surface area contributed by atoms with Crippen molar-refractivity contribution in [1.82, 2.24) is 15.8 Å². The Labute approximate surface area is 137 Å². The van der Waals surface area contributed by atoms with E-state index >= 15 is 0 Å². The third-order valence-electron chi connectivity index (χ3n) is 5.08. The number of rotatable bonds is 6. The molecular formula is C17H27N3O3. The molecule has 0 unspecified atom stereocenters. The van der Waals surface area contributed by atoms with E-state index in [1.807, 2.05) is 13.8 Å². The summed E-state index contributed by atoms with van der Waals surface area (Å²) in [5, 5.41) is 10.8. The van der Waals surface area contributed by atoms with Crippen molar-refractivity contribution in [1.29, 1.82) is 0 Å². The molecule has 1 saturated carbocycles. The molecule has 1 aromatic heterocycles. The predicted octanol–water partition coefficient (Wildman–Crippen LogP) is 1.64. The zero-order chi connectivity index (χ0) is 16.2. The summed E-state index contributed by atoms with van der Waals surface area (Å²) < 4.78 is 10.5. The highest BCUT2D eigenvalue weighted by molar-refractivity contribution is 5.76. The normalized spacial score (nSPS) is 25.1. The van der Waals surface area contributed by atoms with Crippen molar-refractivity contribution in [3.63, 3.8) is 0 Å². The van der Waals surface area contributed by atoms with Gasteiger partial charge in [0.05, 0.1) is 5.69 Å². The van der Waals surface area contributed by atoms with Gasteiger partial charge in [0, 0.05) is 43.3 Å². The first kappa shape index (κ1) is 16.5. The van der Waals surface area contributed by atoms with Gasteiger partial charge in [-0.25, -0.2) is 0 Å². The van der Waals surface area contributed by atoms with E-state index in [-0.39, 0.29) is 11.9 Å². The Morgan fingerprint density at radius 2 is 1.91 bits per heavy atom. The van der Waals surface area contributed by atoms with E-state index in [1.165, 1.54) is 0 Å². The Morgan fingerprint density at radius 3 is 2.52 bits per heavy atom. The van der Waals surface area contributed by atoms with E-state index < -0.39 is 0 Å². The highest BCUT2D eigenvalue weighted by Crippen LogP contribution is 2.22. The van der Waals surface area contributed by atoms with Crippen LogP contribution in [0.25, 0.3) is 0 Å². The maximum atomic E-state index is 12.2. The highest BCUT2D eigenvalue weighted by atomic mass is 16.5. The first-order valence-corrected chi connectivity index (χ1v) is 8.68. The summed E-state index contributed by atoms with van der Waals surface area (Å²) in [6, 6.07) is 1.23. The minimum atomic E-state index is 0.119. The molecule has 6 nitrogen and oxygen atoms in total. The molecule has 1 saturated heterocycles. The molecule has 0 radical (unpaired) electrons. The second-order valence-electron chi connectivity index (χ2n) is 6.71. The maximum absolute atomic E-state index is 12.2. The molecule has 2 heterocycles. The fraction of sp³-hybridized carbons (Fsp3) is 0.765. The summed E-state index contributed by atoms with van der Waals surface area (Å²) in [5.41, 5.74) is 1.95. The van der Waals surface area contributed by atoms with Crippen LogP contribution in [0.15, 0.2) is 4.52 Å². The molecule has 0 aromatic carbocycles. The quantitative estimate of drug-likeness (QED) is 0.833. The lowest BCUT2D eigenvalue weighted by atomic mass is 9.85. The number of aryl methyl sites for hydroxylation is 2. The molecule has 0 spiro atoms. The van der Waals surface area contributed by atoms with Gasteiger partial charge in [-0.15, -0.1) is 0 Å². The van der Waals surface area contributed by atoms with E-state index in [0.717, 1.165) is 55.9 Å². The fourth-order valence-corrected chi connectivity index (χ4v) is 3.42. The van der Waals surface area contributed by atoms with Crippen LogP contribution in [0.5, 0.6) is 0 Å². The van der Waals surface area contributed by atoms with Crippen LogP contribution in [-0.2, 0) is 16.0 Å². The van der Waals surface area contributed by atoms with Gasteiger partial charge in [-0.2, -0.15) is 0 Å². The van der Waals surface area contributed by atoms with Crippen molar-refractivity contribution in [3.05, 3.63) is 17.0 Å². The van der Waals surface area contributed by atoms with Crippen LogP contribution in [0.1, 0.15) is 49.1 Å².